The molecule has 0 radical (unpaired) electrons. The number of morpholine rings is 1. The van der Waals surface area contributed by atoms with E-state index in [0.717, 1.165) is 31.7 Å². The lowest BCUT2D eigenvalue weighted by atomic mass is 9.93. The van der Waals surface area contributed by atoms with Gasteiger partial charge in [0.2, 0.25) is 5.88 Å². The van der Waals surface area contributed by atoms with Gasteiger partial charge in [-0.15, -0.1) is 0 Å². The molecule has 2 aromatic rings. The highest BCUT2D eigenvalue weighted by molar-refractivity contribution is 5.44. The van der Waals surface area contributed by atoms with Crippen molar-refractivity contribution in [3.63, 3.8) is 0 Å². The van der Waals surface area contributed by atoms with Crippen molar-refractivity contribution >= 4 is 5.82 Å². The van der Waals surface area contributed by atoms with E-state index < -0.39 is 0 Å². The molecule has 1 fully saturated rings. The van der Waals surface area contributed by atoms with Crippen LogP contribution < -0.4 is 9.64 Å². The first-order chi connectivity index (χ1) is 11.8. The molecule has 1 N–H and O–H groups in total. The summed E-state index contributed by atoms with van der Waals surface area (Å²) in [4.78, 5) is 11.0. The summed E-state index contributed by atoms with van der Waals surface area (Å²) >= 11 is 0. The summed E-state index contributed by atoms with van der Waals surface area (Å²) in [6.07, 6.45) is 5.37. The Kier molecular flexibility index (Phi) is 4.08. The highest BCUT2D eigenvalue weighted by Gasteiger charge is 2.43. The summed E-state index contributed by atoms with van der Waals surface area (Å²) in [6, 6.07) is 8.54. The molecule has 2 heterocycles. The average Bonchev–Trinajstić information content (AvgIpc) is 2.99. The van der Waals surface area contributed by atoms with Crippen molar-refractivity contribution in [1.29, 1.82) is 0 Å². The standard InChI is InChI=1S/C18H21N3O3/c22-8-10-23-17-12-19-11-16(20-17)21-7-9-24-18(13-21)6-5-14-3-1-2-4-15(14)18/h1-4,11-12,22H,5-10,13H2. The fourth-order valence-electron chi connectivity index (χ4n) is 3.66. The van der Waals surface area contributed by atoms with Crippen LogP contribution in [0.3, 0.4) is 0 Å². The summed E-state index contributed by atoms with van der Waals surface area (Å²) in [5, 5.41) is 8.88. The molecule has 4 rings (SSSR count). The van der Waals surface area contributed by atoms with Crippen LogP contribution in [0.5, 0.6) is 5.88 Å². The molecule has 1 saturated heterocycles. The Hall–Kier alpha value is -2.18. The quantitative estimate of drug-likeness (QED) is 0.918. The Morgan fingerprint density at radius 3 is 3.12 bits per heavy atom. The summed E-state index contributed by atoms with van der Waals surface area (Å²) in [5.41, 5.74) is 2.43. The molecule has 2 aliphatic rings. The summed E-state index contributed by atoms with van der Waals surface area (Å²) in [5.74, 6) is 1.23. The normalized spacial score (nSPS) is 22.6. The molecule has 6 nitrogen and oxygen atoms in total. The summed E-state index contributed by atoms with van der Waals surface area (Å²) < 4.78 is 11.6. The lowest BCUT2D eigenvalue weighted by Gasteiger charge is -2.41. The molecule has 1 aliphatic carbocycles. The van der Waals surface area contributed by atoms with Gasteiger partial charge < -0.3 is 19.5 Å². The fourth-order valence-corrected chi connectivity index (χ4v) is 3.66. The number of nitrogens with zero attached hydrogens (tertiary/aromatic N) is 3. The zero-order chi connectivity index (χ0) is 16.4. The van der Waals surface area contributed by atoms with Crippen LogP contribution in [0.2, 0.25) is 0 Å². The van der Waals surface area contributed by atoms with Crippen LogP contribution in [0.4, 0.5) is 5.82 Å². The van der Waals surface area contributed by atoms with Gasteiger partial charge >= 0.3 is 0 Å². The number of fused-ring (bicyclic) bond motifs is 2. The van der Waals surface area contributed by atoms with E-state index in [1.807, 2.05) is 0 Å². The SMILES string of the molecule is OCCOc1cncc(N2CCOC3(CCc4ccccc43)C2)n1. The fraction of sp³-hybridized carbons (Fsp3) is 0.444. The number of aliphatic hydroxyl groups is 1. The van der Waals surface area contributed by atoms with E-state index in [1.54, 1.807) is 12.4 Å². The molecule has 24 heavy (non-hydrogen) atoms. The maximum Gasteiger partial charge on any atom is 0.234 e. The Labute approximate surface area is 141 Å². The minimum absolute atomic E-state index is 0.0383. The Morgan fingerprint density at radius 1 is 1.29 bits per heavy atom. The minimum Gasteiger partial charge on any atom is -0.474 e. The minimum atomic E-state index is -0.252. The number of benzene rings is 1. The maximum absolute atomic E-state index is 8.88. The lowest BCUT2D eigenvalue weighted by molar-refractivity contribution is -0.0594. The van der Waals surface area contributed by atoms with Crippen molar-refractivity contribution in [2.75, 3.05) is 37.8 Å². The third kappa shape index (κ3) is 2.72. The zero-order valence-electron chi connectivity index (χ0n) is 13.5. The first kappa shape index (κ1) is 15.4. The number of aliphatic hydroxyl groups excluding tert-OH is 1. The molecule has 126 valence electrons. The molecule has 6 heteroatoms. The topological polar surface area (TPSA) is 67.7 Å². The number of hydrogen-bond donors (Lipinski definition) is 1. The zero-order valence-corrected chi connectivity index (χ0v) is 13.5. The van der Waals surface area contributed by atoms with E-state index in [0.29, 0.717) is 12.5 Å². The van der Waals surface area contributed by atoms with Gasteiger partial charge in [0, 0.05) is 6.54 Å². The maximum atomic E-state index is 8.88. The molecule has 1 atom stereocenters. The van der Waals surface area contributed by atoms with Gasteiger partial charge in [0.15, 0.2) is 5.82 Å². The van der Waals surface area contributed by atoms with Gasteiger partial charge in [-0.2, -0.15) is 4.98 Å². The number of aryl methyl sites for hydroxylation is 1. The average molecular weight is 327 g/mol. The first-order valence-electron chi connectivity index (χ1n) is 8.34. The van der Waals surface area contributed by atoms with Crippen LogP contribution >= 0.6 is 0 Å². The number of rotatable bonds is 4. The Morgan fingerprint density at radius 2 is 2.21 bits per heavy atom. The van der Waals surface area contributed by atoms with Crippen molar-refractivity contribution in [2.24, 2.45) is 0 Å². The smallest absolute Gasteiger partial charge is 0.234 e. The van der Waals surface area contributed by atoms with E-state index in [2.05, 4.69) is 39.1 Å². The molecule has 0 amide bonds. The van der Waals surface area contributed by atoms with Gasteiger partial charge in [-0.3, -0.25) is 4.98 Å². The molecule has 0 saturated carbocycles. The lowest BCUT2D eigenvalue weighted by Crippen LogP contribution is -2.49. The van der Waals surface area contributed by atoms with E-state index in [9.17, 15) is 0 Å². The van der Waals surface area contributed by atoms with Crippen LogP contribution in [0.1, 0.15) is 17.5 Å². The second-order valence-electron chi connectivity index (χ2n) is 6.21. The van der Waals surface area contributed by atoms with Crippen LogP contribution in [-0.4, -0.2) is 48.0 Å². The van der Waals surface area contributed by atoms with Gasteiger partial charge in [0.05, 0.1) is 32.2 Å². The highest BCUT2D eigenvalue weighted by atomic mass is 16.5. The van der Waals surface area contributed by atoms with Gasteiger partial charge in [0.25, 0.3) is 0 Å². The second kappa shape index (κ2) is 6.37. The predicted molar refractivity (Wildman–Crippen MR) is 89.2 cm³/mol. The third-order valence-electron chi connectivity index (χ3n) is 4.76. The van der Waals surface area contributed by atoms with Gasteiger partial charge in [0.1, 0.15) is 12.2 Å². The van der Waals surface area contributed by atoms with E-state index >= 15 is 0 Å². The molecule has 1 aromatic heterocycles. The second-order valence-corrected chi connectivity index (χ2v) is 6.21. The van der Waals surface area contributed by atoms with E-state index in [-0.39, 0.29) is 18.8 Å². The van der Waals surface area contributed by atoms with Crippen molar-refractivity contribution in [3.8, 4) is 5.88 Å². The van der Waals surface area contributed by atoms with Crippen LogP contribution in [-0.2, 0) is 16.8 Å². The van der Waals surface area contributed by atoms with Crippen LogP contribution in [0.15, 0.2) is 36.7 Å². The summed E-state index contributed by atoms with van der Waals surface area (Å²) in [7, 11) is 0. The number of hydrogen-bond acceptors (Lipinski definition) is 6. The van der Waals surface area contributed by atoms with Crippen LogP contribution in [0.25, 0.3) is 0 Å². The van der Waals surface area contributed by atoms with Gasteiger partial charge in [-0.25, -0.2) is 0 Å². The number of ether oxygens (including phenoxy) is 2. The van der Waals surface area contributed by atoms with Crippen LogP contribution in [0, 0.1) is 0 Å². The molecule has 1 spiro atoms. The number of anilines is 1. The van der Waals surface area contributed by atoms with E-state index in [4.69, 9.17) is 14.6 Å². The molecular weight excluding hydrogens is 306 g/mol. The summed E-state index contributed by atoms with van der Waals surface area (Å²) in [6.45, 7) is 2.39. The van der Waals surface area contributed by atoms with Crippen molar-refractivity contribution in [2.45, 2.75) is 18.4 Å². The molecular formula is C18H21N3O3. The van der Waals surface area contributed by atoms with Gasteiger partial charge in [-0.05, 0) is 24.0 Å². The molecule has 0 bridgehead atoms. The monoisotopic (exact) mass is 327 g/mol. The van der Waals surface area contributed by atoms with Crippen molar-refractivity contribution in [1.82, 2.24) is 9.97 Å². The molecule has 1 unspecified atom stereocenters. The van der Waals surface area contributed by atoms with Crippen molar-refractivity contribution in [3.05, 3.63) is 47.8 Å². The number of aromatic nitrogens is 2. The molecule has 1 aromatic carbocycles. The molecule has 1 aliphatic heterocycles. The van der Waals surface area contributed by atoms with Crippen molar-refractivity contribution < 1.29 is 14.6 Å². The Bertz CT molecular complexity index is 720. The third-order valence-corrected chi connectivity index (χ3v) is 4.76. The Balaban J connectivity index is 1.58. The first-order valence-corrected chi connectivity index (χ1v) is 8.34. The van der Waals surface area contributed by atoms with E-state index in [1.165, 1.54) is 11.1 Å². The highest BCUT2D eigenvalue weighted by Crippen LogP contribution is 2.42. The predicted octanol–water partition coefficient (Wildman–Crippen LogP) is 1.53. The van der Waals surface area contributed by atoms with Gasteiger partial charge in [-0.1, -0.05) is 24.3 Å². The largest absolute Gasteiger partial charge is 0.474 e.